The van der Waals surface area contributed by atoms with E-state index in [1.54, 1.807) is 0 Å². The average molecular weight is 295 g/mol. The summed E-state index contributed by atoms with van der Waals surface area (Å²) in [7, 11) is 0. The second-order valence-electron chi connectivity index (χ2n) is 6.95. The molecule has 1 saturated carbocycles. The van der Waals surface area contributed by atoms with Crippen LogP contribution in [0.1, 0.15) is 45.3 Å². The summed E-state index contributed by atoms with van der Waals surface area (Å²) in [6.07, 6.45) is 1.84. The average Bonchev–Trinajstić information content (AvgIpc) is 2.39. The highest BCUT2D eigenvalue weighted by molar-refractivity contribution is 6.30. The van der Waals surface area contributed by atoms with Gasteiger partial charge in [-0.05, 0) is 62.1 Å². The van der Waals surface area contributed by atoms with Crippen LogP contribution in [0.5, 0.6) is 0 Å². The van der Waals surface area contributed by atoms with Crippen LogP contribution in [0, 0.1) is 17.8 Å². The molecule has 0 spiro atoms. The second kappa shape index (κ2) is 5.01. The molecule has 0 amide bonds. The van der Waals surface area contributed by atoms with Crippen molar-refractivity contribution in [1.82, 2.24) is 0 Å². The van der Waals surface area contributed by atoms with E-state index in [0.29, 0.717) is 11.8 Å². The lowest BCUT2D eigenvalue weighted by molar-refractivity contribution is -0.215. The van der Waals surface area contributed by atoms with Gasteiger partial charge in [0, 0.05) is 5.02 Å². The third kappa shape index (κ3) is 2.38. The first-order chi connectivity index (χ1) is 9.38. The minimum absolute atomic E-state index is 0.0588. The fraction of sp³-hybridized carbons (Fsp3) is 0.647. The quantitative estimate of drug-likeness (QED) is 0.840. The van der Waals surface area contributed by atoms with Gasteiger partial charge in [-0.1, -0.05) is 30.7 Å². The van der Waals surface area contributed by atoms with Crippen LogP contribution >= 0.6 is 11.6 Å². The SMILES string of the molecule is C[C@H]1C2CC(C[C@@H]1O)C(C)(C)O[C@H]2c1ccc(Cl)cc1. The zero-order valence-electron chi connectivity index (χ0n) is 12.3. The lowest BCUT2D eigenvalue weighted by Crippen LogP contribution is -2.52. The maximum Gasteiger partial charge on any atom is 0.0864 e. The van der Waals surface area contributed by atoms with E-state index in [4.69, 9.17) is 16.3 Å². The predicted octanol–water partition coefficient (Wildman–Crippen LogP) is 4.21. The minimum atomic E-state index is -0.211. The van der Waals surface area contributed by atoms with E-state index in [1.165, 1.54) is 5.56 Å². The number of ether oxygens (including phenoxy) is 1. The van der Waals surface area contributed by atoms with Gasteiger partial charge in [-0.25, -0.2) is 0 Å². The number of hydrogen-bond acceptors (Lipinski definition) is 2. The van der Waals surface area contributed by atoms with E-state index in [1.807, 2.05) is 12.1 Å². The molecule has 110 valence electrons. The third-order valence-corrected chi connectivity index (χ3v) is 5.62. The predicted molar refractivity (Wildman–Crippen MR) is 80.7 cm³/mol. The summed E-state index contributed by atoms with van der Waals surface area (Å²) in [4.78, 5) is 0. The topological polar surface area (TPSA) is 29.5 Å². The summed E-state index contributed by atoms with van der Waals surface area (Å²) >= 11 is 5.98. The standard InChI is InChI=1S/C17H23ClO2/c1-10-14-8-12(9-15(10)19)17(2,3)20-16(14)11-4-6-13(18)7-5-11/h4-7,10,12,14-16,19H,8-9H2,1-3H3/t10-,12?,14?,15-,16-/m0/s1. The molecule has 1 aliphatic heterocycles. The van der Waals surface area contributed by atoms with Gasteiger partial charge in [0.1, 0.15) is 0 Å². The molecular weight excluding hydrogens is 272 g/mol. The van der Waals surface area contributed by atoms with Crippen molar-refractivity contribution >= 4 is 11.6 Å². The molecule has 2 fully saturated rings. The van der Waals surface area contributed by atoms with Crippen molar-refractivity contribution in [2.45, 2.75) is 51.4 Å². The van der Waals surface area contributed by atoms with Crippen molar-refractivity contribution in [3.63, 3.8) is 0 Å². The van der Waals surface area contributed by atoms with Crippen LogP contribution < -0.4 is 0 Å². The highest BCUT2D eigenvalue weighted by Crippen LogP contribution is 2.52. The monoisotopic (exact) mass is 294 g/mol. The van der Waals surface area contributed by atoms with Crippen LogP contribution in [0.2, 0.25) is 5.02 Å². The fourth-order valence-electron chi connectivity index (χ4n) is 3.88. The van der Waals surface area contributed by atoms with Crippen molar-refractivity contribution in [3.05, 3.63) is 34.9 Å². The Labute approximate surface area is 126 Å². The summed E-state index contributed by atoms with van der Waals surface area (Å²) < 4.78 is 6.43. The number of rotatable bonds is 1. The number of hydrogen-bond donors (Lipinski definition) is 1. The Morgan fingerprint density at radius 2 is 1.85 bits per heavy atom. The molecule has 0 radical (unpaired) electrons. The third-order valence-electron chi connectivity index (χ3n) is 5.37. The Kier molecular flexibility index (Phi) is 3.60. The molecule has 2 nitrogen and oxygen atoms in total. The number of fused-ring (bicyclic) bond motifs is 2. The van der Waals surface area contributed by atoms with E-state index < -0.39 is 0 Å². The van der Waals surface area contributed by atoms with Crippen molar-refractivity contribution < 1.29 is 9.84 Å². The Morgan fingerprint density at radius 1 is 1.20 bits per heavy atom. The fourth-order valence-corrected chi connectivity index (χ4v) is 4.00. The largest absolute Gasteiger partial charge is 0.393 e. The van der Waals surface area contributed by atoms with E-state index in [0.717, 1.165) is 17.9 Å². The van der Waals surface area contributed by atoms with E-state index in [-0.39, 0.29) is 23.7 Å². The first kappa shape index (κ1) is 14.4. The molecule has 20 heavy (non-hydrogen) atoms. The van der Waals surface area contributed by atoms with Crippen molar-refractivity contribution in [2.24, 2.45) is 17.8 Å². The molecule has 1 aliphatic carbocycles. The van der Waals surface area contributed by atoms with Gasteiger partial charge in [-0.3, -0.25) is 0 Å². The number of aliphatic hydroxyl groups excluding tert-OH is 1. The van der Waals surface area contributed by atoms with Gasteiger partial charge in [0.25, 0.3) is 0 Å². The van der Waals surface area contributed by atoms with E-state index in [2.05, 4.69) is 32.9 Å². The number of halogens is 1. The van der Waals surface area contributed by atoms with Crippen molar-refractivity contribution in [1.29, 1.82) is 0 Å². The molecule has 1 heterocycles. The van der Waals surface area contributed by atoms with Gasteiger partial charge in [0.15, 0.2) is 0 Å². The molecule has 1 aromatic carbocycles. The smallest absolute Gasteiger partial charge is 0.0864 e. The summed E-state index contributed by atoms with van der Waals surface area (Å²) in [5.41, 5.74) is 0.994. The number of aliphatic hydroxyl groups is 1. The summed E-state index contributed by atoms with van der Waals surface area (Å²) in [5, 5.41) is 11.1. The van der Waals surface area contributed by atoms with Gasteiger partial charge < -0.3 is 9.84 Å². The van der Waals surface area contributed by atoms with E-state index >= 15 is 0 Å². The van der Waals surface area contributed by atoms with Crippen LogP contribution in [-0.4, -0.2) is 16.8 Å². The molecule has 1 N–H and O–H groups in total. The zero-order valence-corrected chi connectivity index (χ0v) is 13.1. The molecule has 1 aromatic rings. The van der Waals surface area contributed by atoms with Crippen LogP contribution in [0.15, 0.2) is 24.3 Å². The van der Waals surface area contributed by atoms with Gasteiger partial charge in [0.2, 0.25) is 0 Å². The first-order valence-electron chi connectivity index (χ1n) is 7.50. The normalized spacial score (nSPS) is 39.5. The maximum atomic E-state index is 10.3. The van der Waals surface area contributed by atoms with Crippen LogP contribution in [0.4, 0.5) is 0 Å². The maximum absolute atomic E-state index is 10.3. The highest BCUT2D eigenvalue weighted by atomic mass is 35.5. The van der Waals surface area contributed by atoms with Crippen molar-refractivity contribution in [3.8, 4) is 0 Å². The van der Waals surface area contributed by atoms with Crippen molar-refractivity contribution in [2.75, 3.05) is 0 Å². The highest BCUT2D eigenvalue weighted by Gasteiger charge is 2.50. The Hall–Kier alpha value is -0.570. The molecule has 3 heteroatoms. The molecule has 1 saturated heterocycles. The first-order valence-corrected chi connectivity index (χ1v) is 7.87. The Balaban J connectivity index is 1.95. The van der Waals surface area contributed by atoms with Gasteiger partial charge in [0.05, 0.1) is 17.8 Å². The van der Waals surface area contributed by atoms with Crippen LogP contribution in [0.25, 0.3) is 0 Å². The van der Waals surface area contributed by atoms with Gasteiger partial charge in [-0.2, -0.15) is 0 Å². The number of benzene rings is 1. The molecular formula is C17H23ClO2. The summed E-state index contributed by atoms with van der Waals surface area (Å²) in [5.74, 6) is 1.11. The molecule has 5 atom stereocenters. The molecule has 2 bridgehead atoms. The Bertz CT molecular complexity index is 482. The van der Waals surface area contributed by atoms with Gasteiger partial charge >= 0.3 is 0 Å². The molecule has 0 aromatic heterocycles. The summed E-state index contributed by atoms with van der Waals surface area (Å²) in [6.45, 7) is 6.45. The molecule has 2 aliphatic rings. The lowest BCUT2D eigenvalue weighted by Gasteiger charge is -2.53. The zero-order chi connectivity index (χ0) is 14.5. The van der Waals surface area contributed by atoms with Crippen LogP contribution in [-0.2, 0) is 4.74 Å². The van der Waals surface area contributed by atoms with E-state index in [9.17, 15) is 5.11 Å². The minimum Gasteiger partial charge on any atom is -0.393 e. The molecule has 2 unspecified atom stereocenters. The summed E-state index contributed by atoms with van der Waals surface area (Å²) in [6, 6.07) is 7.95. The molecule has 3 rings (SSSR count). The second-order valence-corrected chi connectivity index (χ2v) is 7.39. The van der Waals surface area contributed by atoms with Gasteiger partial charge in [-0.15, -0.1) is 0 Å². The van der Waals surface area contributed by atoms with Crippen LogP contribution in [0.3, 0.4) is 0 Å². The Morgan fingerprint density at radius 3 is 2.50 bits per heavy atom. The lowest BCUT2D eigenvalue weighted by atomic mass is 9.63.